The Labute approximate surface area is 166 Å². The average molecular weight is 401 g/mol. The smallest absolute Gasteiger partial charge is 0.277 e. The lowest BCUT2D eigenvalue weighted by Crippen LogP contribution is -2.14. The Bertz CT molecular complexity index is 931. The fourth-order valence-electron chi connectivity index (χ4n) is 2.25. The van der Waals surface area contributed by atoms with Crippen LogP contribution < -0.4 is 19.5 Å². The van der Waals surface area contributed by atoms with Crippen molar-refractivity contribution < 1.29 is 23.4 Å². The molecule has 0 bridgehead atoms. The van der Waals surface area contributed by atoms with Crippen LogP contribution in [0.1, 0.15) is 5.89 Å². The summed E-state index contributed by atoms with van der Waals surface area (Å²) in [6.07, 6.45) is 0. The van der Waals surface area contributed by atoms with E-state index in [1.807, 2.05) is 24.3 Å². The number of rotatable bonds is 9. The van der Waals surface area contributed by atoms with Crippen LogP contribution in [0.4, 0.5) is 5.69 Å². The number of hydrogen-bond donors (Lipinski definition) is 1. The van der Waals surface area contributed by atoms with Crippen LogP contribution in [0.15, 0.2) is 58.2 Å². The number of anilines is 1. The van der Waals surface area contributed by atoms with Crippen molar-refractivity contribution in [3.8, 4) is 17.2 Å². The highest BCUT2D eigenvalue weighted by Gasteiger charge is 2.12. The van der Waals surface area contributed by atoms with Gasteiger partial charge in [-0.3, -0.25) is 4.79 Å². The zero-order chi connectivity index (χ0) is 19.8. The molecule has 2 aromatic carbocycles. The molecular weight excluding hydrogens is 382 g/mol. The predicted octanol–water partition coefficient (Wildman–Crippen LogP) is 3.40. The third kappa shape index (κ3) is 5.40. The van der Waals surface area contributed by atoms with Gasteiger partial charge in [0.15, 0.2) is 6.61 Å². The number of methoxy groups -OCH3 is 2. The third-order valence-electron chi connectivity index (χ3n) is 3.56. The molecule has 1 aromatic heterocycles. The monoisotopic (exact) mass is 401 g/mol. The van der Waals surface area contributed by atoms with Crippen molar-refractivity contribution in [1.29, 1.82) is 0 Å². The SMILES string of the molecule is COc1cccc(OCc2nnc(SCC(=O)Nc3ccccc3OC)o2)c1. The Kier molecular flexibility index (Phi) is 6.74. The molecule has 0 spiro atoms. The topological polar surface area (TPSA) is 95.7 Å². The Morgan fingerprint density at radius 3 is 2.71 bits per heavy atom. The van der Waals surface area contributed by atoms with Crippen LogP contribution in [0.3, 0.4) is 0 Å². The van der Waals surface area contributed by atoms with Crippen molar-refractivity contribution in [2.75, 3.05) is 25.3 Å². The number of benzene rings is 2. The molecule has 0 saturated carbocycles. The van der Waals surface area contributed by atoms with Gasteiger partial charge in [0, 0.05) is 6.07 Å². The van der Waals surface area contributed by atoms with E-state index in [9.17, 15) is 4.79 Å². The molecule has 0 unspecified atom stereocenters. The first-order valence-electron chi connectivity index (χ1n) is 8.33. The van der Waals surface area contributed by atoms with E-state index in [2.05, 4.69) is 15.5 Å². The van der Waals surface area contributed by atoms with E-state index in [-0.39, 0.29) is 18.3 Å². The van der Waals surface area contributed by atoms with Crippen molar-refractivity contribution in [3.63, 3.8) is 0 Å². The quantitative estimate of drug-likeness (QED) is 0.545. The summed E-state index contributed by atoms with van der Waals surface area (Å²) in [4.78, 5) is 12.1. The maximum absolute atomic E-state index is 12.1. The number of aromatic nitrogens is 2. The molecule has 0 saturated heterocycles. The summed E-state index contributed by atoms with van der Waals surface area (Å²) in [5, 5.41) is 10.9. The maximum Gasteiger partial charge on any atom is 0.277 e. The predicted molar refractivity (Wildman–Crippen MR) is 104 cm³/mol. The van der Waals surface area contributed by atoms with Gasteiger partial charge in [-0.25, -0.2) is 0 Å². The fraction of sp³-hybridized carbons (Fsp3) is 0.211. The number of para-hydroxylation sites is 2. The molecule has 0 aliphatic carbocycles. The molecule has 0 fully saturated rings. The minimum Gasteiger partial charge on any atom is -0.497 e. The summed E-state index contributed by atoms with van der Waals surface area (Å²) >= 11 is 1.14. The van der Waals surface area contributed by atoms with Crippen molar-refractivity contribution >= 4 is 23.4 Å². The molecule has 146 valence electrons. The lowest BCUT2D eigenvalue weighted by atomic mass is 10.3. The third-order valence-corrected chi connectivity index (χ3v) is 4.38. The van der Waals surface area contributed by atoms with E-state index in [1.54, 1.807) is 38.5 Å². The molecule has 3 rings (SSSR count). The van der Waals surface area contributed by atoms with Crippen LogP contribution in [0.5, 0.6) is 17.2 Å². The number of carbonyl (C=O) groups is 1. The molecule has 9 heteroatoms. The largest absolute Gasteiger partial charge is 0.497 e. The molecule has 0 atom stereocenters. The number of nitrogens with zero attached hydrogens (tertiary/aromatic N) is 2. The molecule has 28 heavy (non-hydrogen) atoms. The van der Waals surface area contributed by atoms with E-state index in [1.165, 1.54) is 0 Å². The number of thioether (sulfide) groups is 1. The van der Waals surface area contributed by atoms with Crippen LogP contribution >= 0.6 is 11.8 Å². The lowest BCUT2D eigenvalue weighted by Gasteiger charge is -2.08. The number of ether oxygens (including phenoxy) is 3. The van der Waals surface area contributed by atoms with Crippen molar-refractivity contribution in [2.24, 2.45) is 0 Å². The van der Waals surface area contributed by atoms with Gasteiger partial charge < -0.3 is 23.9 Å². The maximum atomic E-state index is 12.1. The second kappa shape index (κ2) is 9.65. The first-order valence-corrected chi connectivity index (χ1v) is 9.31. The molecule has 0 aliphatic heterocycles. The minimum absolute atomic E-state index is 0.119. The van der Waals surface area contributed by atoms with Gasteiger partial charge in [-0.05, 0) is 24.3 Å². The normalized spacial score (nSPS) is 10.4. The van der Waals surface area contributed by atoms with Gasteiger partial charge in [-0.15, -0.1) is 10.2 Å². The molecule has 1 amide bonds. The molecule has 8 nitrogen and oxygen atoms in total. The zero-order valence-corrected chi connectivity index (χ0v) is 16.2. The molecule has 0 radical (unpaired) electrons. The van der Waals surface area contributed by atoms with Crippen LogP contribution in [0.25, 0.3) is 0 Å². The Morgan fingerprint density at radius 2 is 1.89 bits per heavy atom. The highest BCUT2D eigenvalue weighted by atomic mass is 32.2. The van der Waals surface area contributed by atoms with Gasteiger partial charge in [0.05, 0.1) is 25.7 Å². The molecule has 3 aromatic rings. The average Bonchev–Trinajstić information content (AvgIpc) is 3.19. The number of nitrogens with one attached hydrogen (secondary N) is 1. The van der Waals surface area contributed by atoms with Crippen LogP contribution in [-0.2, 0) is 11.4 Å². The van der Waals surface area contributed by atoms with Gasteiger partial charge in [-0.1, -0.05) is 30.0 Å². The first-order chi connectivity index (χ1) is 13.7. The Morgan fingerprint density at radius 1 is 1.07 bits per heavy atom. The Balaban J connectivity index is 1.48. The second-order valence-electron chi connectivity index (χ2n) is 5.47. The second-order valence-corrected chi connectivity index (χ2v) is 6.39. The van der Waals surface area contributed by atoms with Crippen molar-refractivity contribution in [3.05, 3.63) is 54.4 Å². The zero-order valence-electron chi connectivity index (χ0n) is 15.4. The van der Waals surface area contributed by atoms with Crippen LogP contribution in [-0.4, -0.2) is 36.1 Å². The first kappa shape index (κ1) is 19.6. The summed E-state index contributed by atoms with van der Waals surface area (Å²) in [7, 11) is 3.14. The van der Waals surface area contributed by atoms with Gasteiger partial charge in [-0.2, -0.15) is 0 Å². The standard InChI is InChI=1S/C19H19N3O5S/c1-24-13-6-5-7-14(10-13)26-11-18-21-22-19(27-18)28-12-17(23)20-15-8-3-4-9-16(15)25-2/h3-10H,11-12H2,1-2H3,(H,20,23). The molecule has 1 heterocycles. The van der Waals surface area contributed by atoms with Gasteiger partial charge in [0.1, 0.15) is 17.2 Å². The van der Waals surface area contributed by atoms with E-state index in [0.717, 1.165) is 11.8 Å². The van der Waals surface area contributed by atoms with Gasteiger partial charge in [0.2, 0.25) is 5.91 Å². The van der Waals surface area contributed by atoms with Crippen molar-refractivity contribution in [2.45, 2.75) is 11.8 Å². The number of amides is 1. The molecular formula is C19H19N3O5S. The van der Waals surface area contributed by atoms with Crippen LogP contribution in [0, 0.1) is 0 Å². The van der Waals surface area contributed by atoms with E-state index >= 15 is 0 Å². The summed E-state index contributed by atoms with van der Waals surface area (Å²) < 4.78 is 21.4. The summed E-state index contributed by atoms with van der Waals surface area (Å²) in [5.41, 5.74) is 0.605. The highest BCUT2D eigenvalue weighted by molar-refractivity contribution is 7.99. The van der Waals surface area contributed by atoms with E-state index in [0.29, 0.717) is 34.0 Å². The number of carbonyl (C=O) groups excluding carboxylic acids is 1. The molecule has 1 N–H and O–H groups in total. The van der Waals surface area contributed by atoms with Gasteiger partial charge in [0.25, 0.3) is 11.1 Å². The Hall–Kier alpha value is -3.20. The highest BCUT2D eigenvalue weighted by Crippen LogP contribution is 2.24. The minimum atomic E-state index is -0.207. The van der Waals surface area contributed by atoms with Gasteiger partial charge >= 0.3 is 0 Å². The molecule has 0 aliphatic rings. The summed E-state index contributed by atoms with van der Waals surface area (Å²) in [6.45, 7) is 0.119. The van der Waals surface area contributed by atoms with E-state index < -0.39 is 0 Å². The summed E-state index contributed by atoms with van der Waals surface area (Å²) in [6, 6.07) is 14.4. The fourth-order valence-corrected chi connectivity index (χ4v) is 2.83. The van der Waals surface area contributed by atoms with Crippen LogP contribution in [0.2, 0.25) is 0 Å². The van der Waals surface area contributed by atoms with Crippen molar-refractivity contribution in [1.82, 2.24) is 10.2 Å². The summed E-state index contributed by atoms with van der Waals surface area (Å²) in [5.74, 6) is 2.15. The number of hydrogen-bond acceptors (Lipinski definition) is 8. The van der Waals surface area contributed by atoms with E-state index in [4.69, 9.17) is 18.6 Å². The lowest BCUT2D eigenvalue weighted by molar-refractivity contribution is -0.113.